The SMILES string of the molecule is COc1ccc(NC(=O)c2cc(C)no2)cc1OCc1ccncc1. The molecule has 3 rings (SSSR count). The second-order valence-corrected chi connectivity index (χ2v) is 5.30. The van der Waals surface area contributed by atoms with Crippen LogP contribution in [0.3, 0.4) is 0 Å². The standard InChI is InChI=1S/C18H17N3O4/c1-12-9-17(25-21-12)18(22)20-14-3-4-15(23-2)16(10-14)24-11-13-5-7-19-8-6-13/h3-10H,11H2,1-2H3,(H,20,22). The zero-order chi connectivity index (χ0) is 17.6. The minimum Gasteiger partial charge on any atom is -0.493 e. The first-order chi connectivity index (χ1) is 12.2. The number of hydrogen-bond donors (Lipinski definition) is 1. The molecule has 0 saturated carbocycles. The van der Waals surface area contributed by atoms with Crippen LogP contribution in [0.15, 0.2) is 53.3 Å². The van der Waals surface area contributed by atoms with Crippen molar-refractivity contribution in [3.05, 3.63) is 65.8 Å². The lowest BCUT2D eigenvalue weighted by atomic mass is 10.2. The monoisotopic (exact) mass is 339 g/mol. The Morgan fingerprint density at radius 2 is 1.96 bits per heavy atom. The first kappa shape index (κ1) is 16.5. The topological polar surface area (TPSA) is 86.5 Å². The number of anilines is 1. The van der Waals surface area contributed by atoms with Crippen LogP contribution in [-0.2, 0) is 6.61 Å². The number of rotatable bonds is 6. The van der Waals surface area contributed by atoms with E-state index in [1.54, 1.807) is 50.7 Å². The van der Waals surface area contributed by atoms with Crippen LogP contribution in [0.2, 0.25) is 0 Å². The summed E-state index contributed by atoms with van der Waals surface area (Å²) in [6.45, 7) is 2.11. The van der Waals surface area contributed by atoms with Gasteiger partial charge in [-0.3, -0.25) is 9.78 Å². The zero-order valence-electron chi connectivity index (χ0n) is 13.9. The van der Waals surface area contributed by atoms with Crippen molar-refractivity contribution in [1.82, 2.24) is 10.1 Å². The lowest BCUT2D eigenvalue weighted by Gasteiger charge is -2.12. The number of carbonyl (C=O) groups excluding carboxylic acids is 1. The highest BCUT2D eigenvalue weighted by Crippen LogP contribution is 2.31. The van der Waals surface area contributed by atoms with Crippen molar-refractivity contribution in [2.75, 3.05) is 12.4 Å². The molecule has 7 heteroatoms. The van der Waals surface area contributed by atoms with Crippen LogP contribution in [0.4, 0.5) is 5.69 Å². The number of nitrogens with one attached hydrogen (secondary N) is 1. The van der Waals surface area contributed by atoms with Crippen molar-refractivity contribution in [3.8, 4) is 11.5 Å². The maximum Gasteiger partial charge on any atom is 0.294 e. The number of carbonyl (C=O) groups is 1. The van der Waals surface area contributed by atoms with Gasteiger partial charge in [0.25, 0.3) is 5.91 Å². The van der Waals surface area contributed by atoms with Crippen molar-refractivity contribution in [2.24, 2.45) is 0 Å². The fraction of sp³-hybridized carbons (Fsp3) is 0.167. The lowest BCUT2D eigenvalue weighted by Crippen LogP contribution is -2.11. The van der Waals surface area contributed by atoms with Gasteiger partial charge in [0.15, 0.2) is 11.5 Å². The predicted molar refractivity (Wildman–Crippen MR) is 90.8 cm³/mol. The number of benzene rings is 1. The first-order valence-corrected chi connectivity index (χ1v) is 7.60. The summed E-state index contributed by atoms with van der Waals surface area (Å²) >= 11 is 0. The molecule has 0 unspecified atom stereocenters. The van der Waals surface area contributed by atoms with Gasteiger partial charge in [-0.25, -0.2) is 0 Å². The molecule has 0 atom stereocenters. The summed E-state index contributed by atoms with van der Waals surface area (Å²) in [6.07, 6.45) is 3.40. The summed E-state index contributed by atoms with van der Waals surface area (Å²) < 4.78 is 16.1. The lowest BCUT2D eigenvalue weighted by molar-refractivity contribution is 0.0988. The first-order valence-electron chi connectivity index (χ1n) is 7.60. The van der Waals surface area contributed by atoms with Gasteiger partial charge in [-0.2, -0.15) is 0 Å². The number of aromatic nitrogens is 2. The Morgan fingerprint density at radius 3 is 2.64 bits per heavy atom. The van der Waals surface area contributed by atoms with E-state index in [9.17, 15) is 4.79 Å². The molecular formula is C18H17N3O4. The molecule has 2 heterocycles. The molecule has 7 nitrogen and oxygen atoms in total. The maximum absolute atomic E-state index is 12.1. The third-order valence-electron chi connectivity index (χ3n) is 3.42. The Kier molecular flexibility index (Phi) is 4.94. The fourth-order valence-corrected chi connectivity index (χ4v) is 2.17. The molecule has 1 N–H and O–H groups in total. The number of hydrogen-bond acceptors (Lipinski definition) is 6. The van der Waals surface area contributed by atoms with Gasteiger partial charge < -0.3 is 19.3 Å². The van der Waals surface area contributed by atoms with E-state index in [0.29, 0.717) is 29.5 Å². The van der Waals surface area contributed by atoms with Crippen molar-refractivity contribution >= 4 is 11.6 Å². The van der Waals surface area contributed by atoms with Crippen LogP contribution in [0.25, 0.3) is 0 Å². The number of amides is 1. The van der Waals surface area contributed by atoms with Gasteiger partial charge in [-0.1, -0.05) is 5.16 Å². The van der Waals surface area contributed by atoms with Crippen molar-refractivity contribution in [1.29, 1.82) is 0 Å². The minimum absolute atomic E-state index is 0.146. The van der Waals surface area contributed by atoms with E-state index in [1.807, 2.05) is 12.1 Å². The molecule has 0 radical (unpaired) electrons. The van der Waals surface area contributed by atoms with Crippen molar-refractivity contribution in [3.63, 3.8) is 0 Å². The molecule has 0 fully saturated rings. The quantitative estimate of drug-likeness (QED) is 0.742. The highest BCUT2D eigenvalue weighted by atomic mass is 16.5. The Hall–Kier alpha value is -3.35. The van der Waals surface area contributed by atoms with E-state index in [-0.39, 0.29) is 11.7 Å². The van der Waals surface area contributed by atoms with Gasteiger partial charge in [0, 0.05) is 30.2 Å². The van der Waals surface area contributed by atoms with Gasteiger partial charge in [0.1, 0.15) is 6.61 Å². The normalized spacial score (nSPS) is 10.3. The molecule has 0 saturated heterocycles. The number of ether oxygens (including phenoxy) is 2. The molecule has 1 amide bonds. The van der Waals surface area contributed by atoms with Crippen LogP contribution in [0.1, 0.15) is 21.8 Å². The zero-order valence-corrected chi connectivity index (χ0v) is 13.9. The van der Waals surface area contributed by atoms with E-state index in [4.69, 9.17) is 14.0 Å². The van der Waals surface area contributed by atoms with E-state index >= 15 is 0 Å². The molecule has 25 heavy (non-hydrogen) atoms. The number of methoxy groups -OCH3 is 1. The summed E-state index contributed by atoms with van der Waals surface area (Å²) in [7, 11) is 1.56. The van der Waals surface area contributed by atoms with Crippen LogP contribution in [0.5, 0.6) is 11.5 Å². The van der Waals surface area contributed by atoms with Gasteiger partial charge >= 0.3 is 0 Å². The van der Waals surface area contributed by atoms with E-state index in [0.717, 1.165) is 5.56 Å². The van der Waals surface area contributed by atoms with E-state index in [2.05, 4.69) is 15.5 Å². The molecule has 0 aliphatic carbocycles. The smallest absolute Gasteiger partial charge is 0.294 e. The second-order valence-electron chi connectivity index (χ2n) is 5.30. The summed E-state index contributed by atoms with van der Waals surface area (Å²) in [4.78, 5) is 16.1. The van der Waals surface area contributed by atoms with Gasteiger partial charge in [-0.15, -0.1) is 0 Å². The van der Waals surface area contributed by atoms with Crippen LogP contribution >= 0.6 is 0 Å². The Labute approximate surface area is 144 Å². The maximum atomic E-state index is 12.1. The second kappa shape index (κ2) is 7.48. The molecule has 3 aromatic rings. The minimum atomic E-state index is -0.383. The number of pyridine rings is 1. The third kappa shape index (κ3) is 4.14. The van der Waals surface area contributed by atoms with E-state index < -0.39 is 0 Å². The van der Waals surface area contributed by atoms with Gasteiger partial charge in [0.05, 0.1) is 12.8 Å². The largest absolute Gasteiger partial charge is 0.493 e. The highest BCUT2D eigenvalue weighted by molar-refractivity contribution is 6.02. The van der Waals surface area contributed by atoms with Crippen LogP contribution in [-0.4, -0.2) is 23.2 Å². The molecule has 0 spiro atoms. The molecule has 128 valence electrons. The molecule has 0 aliphatic rings. The summed E-state index contributed by atoms with van der Waals surface area (Å²) in [6, 6.07) is 10.4. The Balaban J connectivity index is 1.74. The van der Waals surface area contributed by atoms with Crippen LogP contribution < -0.4 is 14.8 Å². The van der Waals surface area contributed by atoms with Crippen LogP contribution in [0, 0.1) is 6.92 Å². The molecule has 0 bridgehead atoms. The fourth-order valence-electron chi connectivity index (χ4n) is 2.17. The Bertz CT molecular complexity index is 862. The molecular weight excluding hydrogens is 322 g/mol. The number of nitrogens with zero attached hydrogens (tertiary/aromatic N) is 2. The average Bonchev–Trinajstić information content (AvgIpc) is 3.07. The summed E-state index contributed by atoms with van der Waals surface area (Å²) in [5.41, 5.74) is 2.18. The average molecular weight is 339 g/mol. The number of aryl methyl sites for hydroxylation is 1. The molecule has 2 aromatic heterocycles. The molecule has 1 aromatic carbocycles. The van der Waals surface area contributed by atoms with Crippen molar-refractivity contribution in [2.45, 2.75) is 13.5 Å². The Morgan fingerprint density at radius 1 is 1.16 bits per heavy atom. The summed E-state index contributed by atoms with van der Waals surface area (Å²) in [5.74, 6) is 0.854. The summed E-state index contributed by atoms with van der Waals surface area (Å²) in [5, 5.41) is 6.44. The van der Waals surface area contributed by atoms with Crippen molar-refractivity contribution < 1.29 is 18.8 Å². The predicted octanol–water partition coefficient (Wildman–Crippen LogP) is 3.22. The third-order valence-corrected chi connectivity index (χ3v) is 3.42. The van der Waals surface area contributed by atoms with Gasteiger partial charge in [-0.05, 0) is 36.8 Å². The molecule has 0 aliphatic heterocycles. The highest BCUT2D eigenvalue weighted by Gasteiger charge is 2.13. The van der Waals surface area contributed by atoms with Gasteiger partial charge in [0.2, 0.25) is 5.76 Å². The van der Waals surface area contributed by atoms with E-state index in [1.165, 1.54) is 0 Å².